The minimum absolute atomic E-state index is 0.0831. The molecule has 0 saturated carbocycles. The summed E-state index contributed by atoms with van der Waals surface area (Å²) in [6, 6.07) is 11.6. The van der Waals surface area contributed by atoms with Gasteiger partial charge in [-0.25, -0.2) is 9.29 Å². The van der Waals surface area contributed by atoms with E-state index >= 15 is 0 Å². The molecule has 146 valence electrons. The molecule has 2 aliphatic rings. The number of hydrogen-bond acceptors (Lipinski definition) is 6. The molecule has 0 radical (unpaired) electrons. The number of benzene rings is 2. The molecule has 2 N–H and O–H groups in total. The summed E-state index contributed by atoms with van der Waals surface area (Å²) < 4.78 is 13.3. The van der Waals surface area contributed by atoms with E-state index in [0.29, 0.717) is 15.6 Å². The molecular weight excluding hydrogens is 415 g/mol. The van der Waals surface area contributed by atoms with Gasteiger partial charge in [0.05, 0.1) is 16.6 Å². The fourth-order valence-electron chi connectivity index (χ4n) is 3.90. The third-order valence-electron chi connectivity index (χ3n) is 5.16. The Bertz CT molecular complexity index is 1190. The predicted molar refractivity (Wildman–Crippen MR) is 107 cm³/mol. The van der Waals surface area contributed by atoms with Crippen LogP contribution < -0.4 is 9.77 Å². The number of halogens is 1. The van der Waals surface area contributed by atoms with Crippen molar-refractivity contribution in [2.45, 2.75) is 16.2 Å². The summed E-state index contributed by atoms with van der Waals surface area (Å²) in [6.45, 7) is 0. The molecule has 2 amide bonds. The molecule has 0 aliphatic carbocycles. The molecule has 5 rings (SSSR count). The van der Waals surface area contributed by atoms with Gasteiger partial charge in [-0.05, 0) is 42.0 Å². The lowest BCUT2D eigenvalue weighted by Gasteiger charge is -2.29. The first-order chi connectivity index (χ1) is 13.9. The molecule has 1 fully saturated rings. The van der Waals surface area contributed by atoms with E-state index < -0.39 is 28.8 Å². The molecule has 2 unspecified atom stereocenters. The van der Waals surface area contributed by atoms with Crippen molar-refractivity contribution >= 4 is 40.6 Å². The van der Waals surface area contributed by atoms with Gasteiger partial charge in [-0.3, -0.25) is 14.4 Å². The van der Waals surface area contributed by atoms with Crippen LogP contribution >= 0.6 is 23.1 Å². The van der Waals surface area contributed by atoms with Crippen LogP contribution in [0, 0.1) is 11.7 Å². The Hall–Kier alpha value is -2.91. The maximum absolute atomic E-state index is 13.4. The number of H-pyrrole nitrogens is 1. The number of fused-ring (bicyclic) bond motifs is 2. The molecule has 29 heavy (non-hydrogen) atoms. The number of nitrogens with zero attached hydrogens (tertiary/aromatic N) is 1. The van der Waals surface area contributed by atoms with Crippen LogP contribution in [0.15, 0.2) is 58.4 Å². The highest BCUT2D eigenvalue weighted by Gasteiger charge is 2.56. The van der Waals surface area contributed by atoms with Crippen molar-refractivity contribution in [1.29, 1.82) is 0 Å². The molecule has 9 heteroatoms. The number of carbonyl (C=O) groups is 2. The summed E-state index contributed by atoms with van der Waals surface area (Å²) in [5.74, 6) is -2.35. The standard InChI is InChI=1S/C20H13FN2O4S2/c21-10-3-5-11(6-4-10)23-18(25)14-13(9-1-7-12(24)8-2-9)15-17(22-20(27)29-15)28-16(14)19(23)26/h1-8,13-14,16,24H,(H,22,27)/t13-,14?,16?/m1/s1. The molecule has 3 heterocycles. The van der Waals surface area contributed by atoms with Gasteiger partial charge in [-0.1, -0.05) is 35.2 Å². The maximum Gasteiger partial charge on any atom is 0.305 e. The number of hydrogen-bond donors (Lipinski definition) is 2. The van der Waals surface area contributed by atoms with Crippen molar-refractivity contribution in [3.8, 4) is 5.75 Å². The van der Waals surface area contributed by atoms with Crippen molar-refractivity contribution < 1.29 is 19.1 Å². The monoisotopic (exact) mass is 428 g/mol. The number of carbonyl (C=O) groups excluding carboxylic acids is 2. The van der Waals surface area contributed by atoms with Gasteiger partial charge >= 0.3 is 4.87 Å². The van der Waals surface area contributed by atoms with Crippen molar-refractivity contribution in [2.75, 3.05) is 4.90 Å². The molecule has 0 spiro atoms. The Kier molecular flexibility index (Phi) is 4.11. The summed E-state index contributed by atoms with van der Waals surface area (Å²) in [6.07, 6.45) is 0. The molecule has 1 aromatic heterocycles. The lowest BCUT2D eigenvalue weighted by atomic mass is 9.83. The molecule has 2 aromatic carbocycles. The second-order valence-corrected chi connectivity index (χ2v) is 9.00. The van der Waals surface area contributed by atoms with E-state index in [1.165, 1.54) is 48.2 Å². The summed E-state index contributed by atoms with van der Waals surface area (Å²) in [5, 5.41) is 9.51. The average molecular weight is 428 g/mol. The molecule has 2 aliphatic heterocycles. The van der Waals surface area contributed by atoms with E-state index in [9.17, 15) is 23.9 Å². The predicted octanol–water partition coefficient (Wildman–Crippen LogP) is 3.08. The number of thioether (sulfide) groups is 1. The number of phenols is 1. The normalized spacial score (nSPS) is 23.2. The first-order valence-corrected chi connectivity index (χ1v) is 10.5. The third-order valence-corrected chi connectivity index (χ3v) is 7.56. The van der Waals surface area contributed by atoms with Crippen LogP contribution in [0.5, 0.6) is 5.75 Å². The Balaban J connectivity index is 1.64. The number of amides is 2. The molecule has 0 bridgehead atoms. The van der Waals surface area contributed by atoms with Gasteiger partial charge in [-0.2, -0.15) is 0 Å². The number of rotatable bonds is 2. The lowest BCUT2D eigenvalue weighted by Crippen LogP contribution is -2.32. The molecular formula is C20H13FN2O4S2. The number of anilines is 1. The second-order valence-electron chi connectivity index (χ2n) is 6.83. The number of imide groups is 1. The quantitative estimate of drug-likeness (QED) is 0.613. The summed E-state index contributed by atoms with van der Waals surface area (Å²) in [7, 11) is 0. The summed E-state index contributed by atoms with van der Waals surface area (Å²) in [4.78, 5) is 42.8. The summed E-state index contributed by atoms with van der Waals surface area (Å²) >= 11 is 2.21. The number of nitrogens with one attached hydrogen (secondary N) is 1. The highest BCUT2D eigenvalue weighted by atomic mass is 32.2. The fourth-order valence-corrected chi connectivity index (χ4v) is 6.42. The number of aromatic amines is 1. The van der Waals surface area contributed by atoms with E-state index in [-0.39, 0.29) is 16.5 Å². The second kappa shape index (κ2) is 6.57. The first kappa shape index (κ1) is 18.1. The molecule has 3 aromatic rings. The minimum atomic E-state index is -0.707. The SMILES string of the molecule is O=C1C2Sc3[nH]c(=O)sc3[C@H](c3ccc(O)cc3)C2C(=O)N1c1ccc(F)cc1. The van der Waals surface area contributed by atoms with Gasteiger partial charge in [0, 0.05) is 10.8 Å². The van der Waals surface area contributed by atoms with E-state index in [1.807, 2.05) is 0 Å². The largest absolute Gasteiger partial charge is 0.508 e. The smallest absolute Gasteiger partial charge is 0.305 e. The lowest BCUT2D eigenvalue weighted by molar-refractivity contribution is -0.122. The number of phenolic OH excluding ortho intramolecular Hbond substituents is 1. The van der Waals surface area contributed by atoms with Crippen molar-refractivity contribution in [2.24, 2.45) is 5.92 Å². The number of aromatic hydroxyl groups is 1. The van der Waals surface area contributed by atoms with E-state index in [1.54, 1.807) is 12.1 Å². The fraction of sp³-hybridized carbons (Fsp3) is 0.150. The Labute approximate surface area is 172 Å². The van der Waals surface area contributed by atoms with Crippen LogP contribution in [0.4, 0.5) is 10.1 Å². The average Bonchev–Trinajstić information content (AvgIpc) is 3.19. The van der Waals surface area contributed by atoms with Gasteiger partial charge in [0.15, 0.2) is 0 Å². The zero-order chi connectivity index (χ0) is 20.3. The molecule has 6 nitrogen and oxygen atoms in total. The van der Waals surface area contributed by atoms with Crippen LogP contribution in [0.25, 0.3) is 0 Å². The van der Waals surface area contributed by atoms with Crippen LogP contribution in [-0.2, 0) is 9.59 Å². The highest BCUT2D eigenvalue weighted by molar-refractivity contribution is 8.00. The van der Waals surface area contributed by atoms with Crippen molar-refractivity contribution in [3.63, 3.8) is 0 Å². The number of thiazole rings is 1. The van der Waals surface area contributed by atoms with Crippen LogP contribution in [-0.4, -0.2) is 27.2 Å². The van der Waals surface area contributed by atoms with E-state index in [4.69, 9.17) is 0 Å². The molecule has 3 atom stereocenters. The highest BCUT2D eigenvalue weighted by Crippen LogP contribution is 2.53. The third kappa shape index (κ3) is 2.80. The van der Waals surface area contributed by atoms with E-state index in [0.717, 1.165) is 21.8 Å². The zero-order valence-electron chi connectivity index (χ0n) is 14.7. The minimum Gasteiger partial charge on any atom is -0.508 e. The topological polar surface area (TPSA) is 90.5 Å². The zero-order valence-corrected chi connectivity index (χ0v) is 16.3. The van der Waals surface area contributed by atoms with Gasteiger partial charge in [0.2, 0.25) is 11.8 Å². The summed E-state index contributed by atoms with van der Waals surface area (Å²) in [5.41, 5.74) is 1.05. The van der Waals surface area contributed by atoms with E-state index in [2.05, 4.69) is 4.98 Å². The Morgan fingerprint density at radius 2 is 1.66 bits per heavy atom. The van der Waals surface area contributed by atoms with Crippen molar-refractivity contribution in [1.82, 2.24) is 4.98 Å². The van der Waals surface area contributed by atoms with Crippen molar-refractivity contribution in [3.05, 3.63) is 74.5 Å². The number of aromatic nitrogens is 1. The van der Waals surface area contributed by atoms with Crippen LogP contribution in [0.2, 0.25) is 0 Å². The maximum atomic E-state index is 13.4. The van der Waals surface area contributed by atoms with Gasteiger partial charge in [-0.15, -0.1) is 0 Å². The first-order valence-electron chi connectivity index (χ1n) is 8.76. The van der Waals surface area contributed by atoms with Gasteiger partial charge in [0.1, 0.15) is 16.8 Å². The van der Waals surface area contributed by atoms with Gasteiger partial charge in [0.25, 0.3) is 0 Å². The molecule has 1 saturated heterocycles. The van der Waals surface area contributed by atoms with Crippen LogP contribution in [0.3, 0.4) is 0 Å². The van der Waals surface area contributed by atoms with Gasteiger partial charge < -0.3 is 10.1 Å². The van der Waals surface area contributed by atoms with Crippen LogP contribution in [0.1, 0.15) is 16.4 Å². The Morgan fingerprint density at radius 1 is 0.966 bits per heavy atom. The Morgan fingerprint density at radius 3 is 2.34 bits per heavy atom.